The van der Waals surface area contributed by atoms with Crippen LogP contribution in [0.4, 0.5) is 5.82 Å². The molecule has 21 heavy (non-hydrogen) atoms. The second-order valence-electron chi connectivity index (χ2n) is 6.78. The predicted molar refractivity (Wildman–Crippen MR) is 82.1 cm³/mol. The number of pyridine rings is 1. The molecular formula is C16H24N2O3. The number of anilines is 1. The van der Waals surface area contributed by atoms with Crippen molar-refractivity contribution in [3.05, 3.63) is 23.4 Å². The van der Waals surface area contributed by atoms with Crippen molar-refractivity contribution in [2.45, 2.75) is 52.2 Å². The van der Waals surface area contributed by atoms with E-state index in [4.69, 9.17) is 4.74 Å². The summed E-state index contributed by atoms with van der Waals surface area (Å²) in [6, 6.07) is 3.80. The molecule has 1 saturated heterocycles. The predicted octanol–water partition coefficient (Wildman–Crippen LogP) is 2.69. The van der Waals surface area contributed by atoms with Crippen molar-refractivity contribution in [1.82, 2.24) is 4.98 Å². The molecular weight excluding hydrogens is 268 g/mol. The van der Waals surface area contributed by atoms with Gasteiger partial charge in [0.15, 0.2) is 5.69 Å². The minimum Gasteiger partial charge on any atom is -0.477 e. The van der Waals surface area contributed by atoms with Gasteiger partial charge >= 0.3 is 5.97 Å². The zero-order valence-electron chi connectivity index (χ0n) is 13.4. The summed E-state index contributed by atoms with van der Waals surface area (Å²) in [5.74, 6) is -0.265. The Morgan fingerprint density at radius 1 is 1.29 bits per heavy atom. The van der Waals surface area contributed by atoms with Gasteiger partial charge in [0.1, 0.15) is 5.82 Å². The van der Waals surface area contributed by atoms with Gasteiger partial charge in [0.25, 0.3) is 0 Å². The van der Waals surface area contributed by atoms with Crippen molar-refractivity contribution < 1.29 is 14.6 Å². The van der Waals surface area contributed by atoms with Crippen LogP contribution in [0.15, 0.2) is 12.1 Å². The summed E-state index contributed by atoms with van der Waals surface area (Å²) >= 11 is 0. The minimum atomic E-state index is -0.976. The molecule has 0 bridgehead atoms. The number of hydrogen-bond donors (Lipinski definition) is 1. The van der Waals surface area contributed by atoms with E-state index in [0.29, 0.717) is 5.82 Å². The maximum absolute atomic E-state index is 11.5. The molecule has 0 spiro atoms. The molecule has 0 radical (unpaired) electrons. The molecule has 5 heteroatoms. The molecule has 1 aromatic rings. The van der Waals surface area contributed by atoms with E-state index < -0.39 is 5.97 Å². The van der Waals surface area contributed by atoms with Crippen LogP contribution in [0.25, 0.3) is 0 Å². The van der Waals surface area contributed by atoms with Gasteiger partial charge in [-0.25, -0.2) is 9.78 Å². The van der Waals surface area contributed by atoms with E-state index in [9.17, 15) is 9.90 Å². The zero-order chi connectivity index (χ0) is 15.8. The van der Waals surface area contributed by atoms with Crippen molar-refractivity contribution in [3.63, 3.8) is 0 Å². The fourth-order valence-electron chi connectivity index (χ4n) is 2.76. The molecule has 5 nitrogen and oxygen atoms in total. The highest BCUT2D eigenvalue weighted by atomic mass is 16.5. The average Bonchev–Trinajstić information content (AvgIpc) is 2.35. The lowest BCUT2D eigenvalue weighted by molar-refractivity contribution is -0.00546. The van der Waals surface area contributed by atoms with Crippen LogP contribution >= 0.6 is 0 Å². The second-order valence-corrected chi connectivity index (χ2v) is 6.78. The van der Waals surface area contributed by atoms with Crippen molar-refractivity contribution in [1.29, 1.82) is 0 Å². The Labute approximate surface area is 125 Å². The van der Waals surface area contributed by atoms with Crippen molar-refractivity contribution in [2.24, 2.45) is 0 Å². The molecule has 1 aromatic heterocycles. The largest absolute Gasteiger partial charge is 0.477 e. The number of hydrogen-bond acceptors (Lipinski definition) is 4. The van der Waals surface area contributed by atoms with Gasteiger partial charge in [0, 0.05) is 13.1 Å². The molecule has 0 aromatic carbocycles. The third kappa shape index (κ3) is 3.53. The lowest BCUT2D eigenvalue weighted by Crippen LogP contribution is -2.46. The molecule has 0 unspecified atom stereocenters. The number of carboxylic acids is 1. The Balaban J connectivity index is 2.38. The van der Waals surface area contributed by atoms with Crippen LogP contribution in [0.3, 0.4) is 0 Å². The summed E-state index contributed by atoms with van der Waals surface area (Å²) < 4.78 is 5.71. The van der Waals surface area contributed by atoms with Crippen LogP contribution in [0, 0.1) is 0 Å². The first-order valence-corrected chi connectivity index (χ1v) is 7.33. The van der Waals surface area contributed by atoms with Gasteiger partial charge in [-0.05, 0) is 30.9 Å². The molecule has 116 valence electrons. The molecule has 1 fully saturated rings. The smallest absolute Gasteiger partial charge is 0.354 e. The molecule has 2 rings (SSSR count). The van der Waals surface area contributed by atoms with Crippen molar-refractivity contribution in [3.8, 4) is 0 Å². The van der Waals surface area contributed by atoms with E-state index in [2.05, 4.69) is 9.88 Å². The van der Waals surface area contributed by atoms with Gasteiger partial charge < -0.3 is 14.7 Å². The second kappa shape index (κ2) is 5.64. The van der Waals surface area contributed by atoms with Crippen LogP contribution in [0.1, 0.15) is 50.7 Å². The van der Waals surface area contributed by atoms with E-state index in [1.54, 1.807) is 0 Å². The first kappa shape index (κ1) is 15.8. The van der Waals surface area contributed by atoms with Crippen LogP contribution in [0.5, 0.6) is 0 Å². The number of ether oxygens (including phenoxy) is 1. The Hall–Kier alpha value is -1.62. The highest BCUT2D eigenvalue weighted by molar-refractivity contribution is 5.88. The van der Waals surface area contributed by atoms with E-state index in [1.807, 2.05) is 46.8 Å². The summed E-state index contributed by atoms with van der Waals surface area (Å²) in [5.41, 5.74) is 0.657. The van der Waals surface area contributed by atoms with E-state index in [0.717, 1.165) is 18.7 Å². The maximum Gasteiger partial charge on any atom is 0.354 e. The molecule has 0 aliphatic carbocycles. The Morgan fingerprint density at radius 2 is 1.86 bits per heavy atom. The van der Waals surface area contributed by atoms with Crippen LogP contribution in [0.2, 0.25) is 0 Å². The number of carboxylic acid groups (broad SMARTS) is 1. The fraction of sp³-hybridized carbons (Fsp3) is 0.625. The molecule has 2 heterocycles. The highest BCUT2D eigenvalue weighted by Crippen LogP contribution is 2.28. The van der Waals surface area contributed by atoms with E-state index >= 15 is 0 Å². The number of carbonyl (C=O) groups is 1. The molecule has 1 aliphatic rings. The number of aromatic carboxylic acids is 1. The Morgan fingerprint density at radius 3 is 2.33 bits per heavy atom. The van der Waals surface area contributed by atoms with Gasteiger partial charge in [-0.2, -0.15) is 0 Å². The summed E-state index contributed by atoms with van der Waals surface area (Å²) in [5, 5.41) is 9.45. The third-order valence-electron chi connectivity index (χ3n) is 3.63. The monoisotopic (exact) mass is 292 g/mol. The number of rotatable bonds is 2. The quantitative estimate of drug-likeness (QED) is 0.908. The topological polar surface area (TPSA) is 62.7 Å². The van der Waals surface area contributed by atoms with Gasteiger partial charge in [-0.1, -0.05) is 26.8 Å². The fourth-order valence-corrected chi connectivity index (χ4v) is 2.76. The van der Waals surface area contributed by atoms with E-state index in [1.165, 1.54) is 0 Å². The summed E-state index contributed by atoms with van der Waals surface area (Å²) in [6.45, 7) is 11.5. The average molecular weight is 292 g/mol. The third-order valence-corrected chi connectivity index (χ3v) is 3.63. The Kier molecular flexibility index (Phi) is 4.23. The summed E-state index contributed by atoms with van der Waals surface area (Å²) in [4.78, 5) is 18.0. The number of nitrogens with zero attached hydrogens (tertiary/aromatic N) is 2. The van der Waals surface area contributed by atoms with Gasteiger partial charge in [0.05, 0.1) is 12.2 Å². The summed E-state index contributed by atoms with van der Waals surface area (Å²) in [7, 11) is 0. The van der Waals surface area contributed by atoms with E-state index in [-0.39, 0.29) is 23.3 Å². The SMILES string of the molecule is C[C@@H]1CN(c2ccc(C(C)(C)C)c(C(=O)O)n2)C[C@H](C)O1. The first-order chi connectivity index (χ1) is 9.68. The lowest BCUT2D eigenvalue weighted by Gasteiger charge is -2.36. The lowest BCUT2D eigenvalue weighted by atomic mass is 9.86. The van der Waals surface area contributed by atoms with Crippen LogP contribution < -0.4 is 4.90 Å². The summed E-state index contributed by atoms with van der Waals surface area (Å²) in [6.07, 6.45) is 0.234. The molecule has 0 amide bonds. The van der Waals surface area contributed by atoms with Gasteiger partial charge in [-0.3, -0.25) is 0 Å². The normalized spacial score (nSPS) is 23.2. The first-order valence-electron chi connectivity index (χ1n) is 7.33. The number of morpholine rings is 1. The molecule has 2 atom stereocenters. The van der Waals surface area contributed by atoms with Crippen LogP contribution in [-0.4, -0.2) is 41.4 Å². The maximum atomic E-state index is 11.5. The molecule has 1 aliphatic heterocycles. The van der Waals surface area contributed by atoms with Crippen LogP contribution in [-0.2, 0) is 10.2 Å². The van der Waals surface area contributed by atoms with Crippen molar-refractivity contribution >= 4 is 11.8 Å². The highest BCUT2D eigenvalue weighted by Gasteiger charge is 2.27. The Bertz CT molecular complexity index is 527. The zero-order valence-corrected chi connectivity index (χ0v) is 13.4. The van der Waals surface area contributed by atoms with Gasteiger partial charge in [-0.15, -0.1) is 0 Å². The molecule has 1 N–H and O–H groups in total. The minimum absolute atomic E-state index is 0.117. The standard InChI is InChI=1S/C16H24N2O3/c1-10-8-18(9-11(2)21-10)13-7-6-12(16(3,4)5)14(17-13)15(19)20/h6-7,10-11H,8-9H2,1-5H3,(H,19,20)/t10-,11+. The molecule has 0 saturated carbocycles. The number of aromatic nitrogens is 1. The van der Waals surface area contributed by atoms with Crippen molar-refractivity contribution in [2.75, 3.05) is 18.0 Å². The van der Waals surface area contributed by atoms with Gasteiger partial charge in [0.2, 0.25) is 0 Å².